The molecule has 0 unspecified atom stereocenters. The Morgan fingerprint density at radius 1 is 1.00 bits per heavy atom. The molecule has 29 heavy (non-hydrogen) atoms. The highest BCUT2D eigenvalue weighted by molar-refractivity contribution is 5.79. The predicted molar refractivity (Wildman–Crippen MR) is 114 cm³/mol. The molecule has 0 amide bonds. The van der Waals surface area contributed by atoms with Crippen LogP contribution in [0.3, 0.4) is 0 Å². The molecule has 0 aliphatic rings. The van der Waals surface area contributed by atoms with Crippen molar-refractivity contribution in [3.8, 4) is 11.5 Å². The monoisotopic (exact) mass is 396 g/mol. The Balaban J connectivity index is 1.40. The third-order valence-corrected chi connectivity index (χ3v) is 4.63. The number of pyridine rings is 1. The molecule has 0 bridgehead atoms. The maximum absolute atomic E-state index is 5.36. The van der Waals surface area contributed by atoms with E-state index in [9.17, 15) is 0 Å². The minimum absolute atomic E-state index is 0.738. The molecular weight excluding hydrogens is 368 g/mol. The number of hydrogen-bond acceptors (Lipinski definition) is 5. The molecular formula is C21H28N6O2. The fourth-order valence-corrected chi connectivity index (χ4v) is 3.10. The average molecular weight is 396 g/mol. The lowest BCUT2D eigenvalue weighted by Gasteiger charge is -2.13. The van der Waals surface area contributed by atoms with E-state index in [0.717, 1.165) is 61.3 Å². The maximum Gasteiger partial charge on any atom is 0.190 e. The Morgan fingerprint density at radius 2 is 1.83 bits per heavy atom. The highest BCUT2D eigenvalue weighted by Crippen LogP contribution is 2.27. The van der Waals surface area contributed by atoms with Gasteiger partial charge in [-0.25, -0.2) is 0 Å². The van der Waals surface area contributed by atoms with Crippen LogP contribution in [0, 0.1) is 0 Å². The molecule has 3 rings (SSSR count). The third-order valence-electron chi connectivity index (χ3n) is 4.63. The molecule has 8 nitrogen and oxygen atoms in total. The number of nitrogens with one attached hydrogen (secondary N) is 2. The van der Waals surface area contributed by atoms with Gasteiger partial charge in [0.15, 0.2) is 23.1 Å². The summed E-state index contributed by atoms with van der Waals surface area (Å²) < 4.78 is 12.7. The molecule has 1 aromatic carbocycles. The Morgan fingerprint density at radius 3 is 2.62 bits per heavy atom. The summed E-state index contributed by atoms with van der Waals surface area (Å²) in [5.74, 6) is 3.24. The van der Waals surface area contributed by atoms with Crippen molar-refractivity contribution in [1.82, 2.24) is 25.2 Å². The molecule has 0 spiro atoms. The Bertz CT molecular complexity index is 953. The molecule has 2 heterocycles. The second-order valence-electron chi connectivity index (χ2n) is 6.51. The van der Waals surface area contributed by atoms with Crippen LogP contribution >= 0.6 is 0 Å². The molecule has 0 saturated heterocycles. The fourth-order valence-electron chi connectivity index (χ4n) is 3.10. The average Bonchev–Trinajstić information content (AvgIpc) is 3.18. The first kappa shape index (κ1) is 20.4. The molecule has 0 aliphatic carbocycles. The van der Waals surface area contributed by atoms with Crippen molar-refractivity contribution in [2.45, 2.75) is 19.3 Å². The number of benzene rings is 1. The number of guanidine groups is 1. The lowest BCUT2D eigenvalue weighted by Crippen LogP contribution is -2.38. The quantitative estimate of drug-likeness (QED) is 0.327. The van der Waals surface area contributed by atoms with Gasteiger partial charge in [-0.3, -0.25) is 9.39 Å². The lowest BCUT2D eigenvalue weighted by molar-refractivity contribution is 0.354. The van der Waals surface area contributed by atoms with Crippen molar-refractivity contribution in [3.63, 3.8) is 0 Å². The van der Waals surface area contributed by atoms with E-state index < -0.39 is 0 Å². The van der Waals surface area contributed by atoms with E-state index in [1.54, 1.807) is 21.3 Å². The summed E-state index contributed by atoms with van der Waals surface area (Å²) in [6.45, 7) is 1.57. The molecule has 154 valence electrons. The minimum Gasteiger partial charge on any atom is -0.493 e. The van der Waals surface area contributed by atoms with Crippen LogP contribution in [0.25, 0.3) is 5.65 Å². The van der Waals surface area contributed by atoms with Crippen LogP contribution in [0.5, 0.6) is 11.5 Å². The topological polar surface area (TPSA) is 85.1 Å². The number of nitrogens with zero attached hydrogens (tertiary/aromatic N) is 4. The van der Waals surface area contributed by atoms with Gasteiger partial charge < -0.3 is 20.1 Å². The van der Waals surface area contributed by atoms with E-state index in [0.29, 0.717) is 0 Å². The van der Waals surface area contributed by atoms with Crippen LogP contribution in [-0.4, -0.2) is 54.9 Å². The number of aromatic nitrogens is 3. The van der Waals surface area contributed by atoms with Crippen LogP contribution in [0.4, 0.5) is 0 Å². The molecule has 0 fully saturated rings. The van der Waals surface area contributed by atoms with Crippen LogP contribution < -0.4 is 20.1 Å². The number of aryl methyl sites for hydroxylation is 1. The van der Waals surface area contributed by atoms with Crippen molar-refractivity contribution in [1.29, 1.82) is 0 Å². The summed E-state index contributed by atoms with van der Waals surface area (Å²) in [6, 6.07) is 11.9. The lowest BCUT2D eigenvalue weighted by atomic mass is 10.1. The zero-order chi connectivity index (χ0) is 20.5. The summed E-state index contributed by atoms with van der Waals surface area (Å²) in [7, 11) is 5.06. The second kappa shape index (κ2) is 10.3. The first-order chi connectivity index (χ1) is 14.2. The molecule has 8 heteroatoms. The van der Waals surface area contributed by atoms with Gasteiger partial charge in [0.25, 0.3) is 0 Å². The number of fused-ring (bicyclic) bond motifs is 1. The van der Waals surface area contributed by atoms with Gasteiger partial charge in [-0.1, -0.05) is 12.1 Å². The van der Waals surface area contributed by atoms with Crippen molar-refractivity contribution in [2.24, 2.45) is 4.99 Å². The van der Waals surface area contributed by atoms with Gasteiger partial charge in [0.05, 0.1) is 14.2 Å². The first-order valence-corrected chi connectivity index (χ1v) is 9.69. The van der Waals surface area contributed by atoms with Crippen LogP contribution in [0.15, 0.2) is 47.6 Å². The summed E-state index contributed by atoms with van der Waals surface area (Å²) in [5.41, 5.74) is 2.05. The van der Waals surface area contributed by atoms with Crippen molar-refractivity contribution in [2.75, 3.05) is 34.4 Å². The third kappa shape index (κ3) is 5.37. The van der Waals surface area contributed by atoms with Crippen LogP contribution in [-0.2, 0) is 12.8 Å². The van der Waals surface area contributed by atoms with Gasteiger partial charge in [-0.15, -0.1) is 10.2 Å². The highest BCUT2D eigenvalue weighted by atomic mass is 16.5. The second-order valence-corrected chi connectivity index (χ2v) is 6.51. The van der Waals surface area contributed by atoms with Crippen molar-refractivity contribution in [3.05, 3.63) is 54.0 Å². The molecule has 0 aliphatic heterocycles. The van der Waals surface area contributed by atoms with E-state index >= 15 is 0 Å². The zero-order valence-corrected chi connectivity index (χ0v) is 17.2. The standard InChI is InChI=1S/C21H28N6O2/c1-22-21(24-13-11-16-9-10-17(28-2)18(15-16)29-3)23-12-6-8-20-26-25-19-7-4-5-14-27(19)20/h4-5,7,9-10,14-15H,6,8,11-13H2,1-3H3,(H2,22,23,24). The van der Waals surface area contributed by atoms with E-state index in [4.69, 9.17) is 9.47 Å². The molecule has 2 N–H and O–H groups in total. The molecule has 0 atom stereocenters. The largest absolute Gasteiger partial charge is 0.493 e. The number of rotatable bonds is 9. The summed E-state index contributed by atoms with van der Waals surface area (Å²) >= 11 is 0. The smallest absolute Gasteiger partial charge is 0.190 e. The predicted octanol–water partition coefficient (Wildman–Crippen LogP) is 2.09. The summed E-state index contributed by atoms with van der Waals surface area (Å²) in [5, 5.41) is 15.1. The summed E-state index contributed by atoms with van der Waals surface area (Å²) in [4.78, 5) is 4.28. The van der Waals surface area contributed by atoms with Gasteiger partial charge >= 0.3 is 0 Å². The van der Waals surface area contributed by atoms with Gasteiger partial charge in [0.2, 0.25) is 0 Å². The fraction of sp³-hybridized carbons (Fsp3) is 0.381. The van der Waals surface area contributed by atoms with E-state index in [1.807, 2.05) is 47.0 Å². The van der Waals surface area contributed by atoms with E-state index in [-0.39, 0.29) is 0 Å². The normalized spacial score (nSPS) is 11.5. The summed E-state index contributed by atoms with van der Waals surface area (Å²) in [6.07, 6.45) is 4.63. The van der Waals surface area contributed by atoms with E-state index in [1.165, 1.54) is 5.56 Å². The van der Waals surface area contributed by atoms with Crippen LogP contribution in [0.1, 0.15) is 17.8 Å². The minimum atomic E-state index is 0.738. The number of hydrogen-bond donors (Lipinski definition) is 2. The van der Waals surface area contributed by atoms with Crippen molar-refractivity contribution >= 4 is 11.6 Å². The number of ether oxygens (including phenoxy) is 2. The zero-order valence-electron chi connectivity index (χ0n) is 17.2. The molecule has 0 radical (unpaired) electrons. The molecule has 2 aromatic heterocycles. The Hall–Kier alpha value is -3.29. The molecule has 0 saturated carbocycles. The first-order valence-electron chi connectivity index (χ1n) is 9.69. The van der Waals surface area contributed by atoms with Gasteiger partial charge in [-0.2, -0.15) is 0 Å². The maximum atomic E-state index is 5.36. The van der Waals surface area contributed by atoms with Gasteiger partial charge in [0.1, 0.15) is 5.82 Å². The number of methoxy groups -OCH3 is 2. The van der Waals surface area contributed by atoms with Gasteiger partial charge in [0, 0.05) is 32.8 Å². The van der Waals surface area contributed by atoms with E-state index in [2.05, 4.69) is 25.8 Å². The SMILES string of the molecule is CN=C(NCCCc1nnc2ccccn12)NCCc1ccc(OC)c(OC)c1. The Kier molecular flexibility index (Phi) is 7.27. The Labute approximate surface area is 171 Å². The molecule has 3 aromatic rings. The van der Waals surface area contributed by atoms with Crippen molar-refractivity contribution < 1.29 is 9.47 Å². The van der Waals surface area contributed by atoms with Gasteiger partial charge in [-0.05, 0) is 42.7 Å². The number of aliphatic imine (C=N–C) groups is 1. The highest BCUT2D eigenvalue weighted by Gasteiger charge is 2.06. The van der Waals surface area contributed by atoms with Crippen LogP contribution in [0.2, 0.25) is 0 Å².